The summed E-state index contributed by atoms with van der Waals surface area (Å²) in [6.07, 6.45) is 2.03. The fourth-order valence-corrected chi connectivity index (χ4v) is 3.21. The van der Waals surface area contributed by atoms with Crippen molar-refractivity contribution in [2.75, 3.05) is 13.1 Å². The maximum absolute atomic E-state index is 12.5. The first kappa shape index (κ1) is 15.3. The van der Waals surface area contributed by atoms with Crippen molar-refractivity contribution in [3.63, 3.8) is 0 Å². The first-order valence-electron chi connectivity index (χ1n) is 7.63. The highest BCUT2D eigenvalue weighted by Gasteiger charge is 2.36. The third-order valence-electron chi connectivity index (χ3n) is 4.44. The summed E-state index contributed by atoms with van der Waals surface area (Å²) in [5, 5.41) is 9.27. The predicted octanol–water partition coefficient (Wildman–Crippen LogP) is 1.58. The summed E-state index contributed by atoms with van der Waals surface area (Å²) in [7, 11) is 0. The van der Waals surface area contributed by atoms with Crippen molar-refractivity contribution in [2.45, 2.75) is 25.3 Å². The van der Waals surface area contributed by atoms with E-state index in [9.17, 15) is 19.5 Å². The first-order chi connectivity index (χ1) is 11.0. The molecule has 1 atom stereocenters. The average molecular weight is 314 g/mol. The summed E-state index contributed by atoms with van der Waals surface area (Å²) < 4.78 is 0. The molecule has 120 valence electrons. The Balaban J connectivity index is 1.77. The van der Waals surface area contributed by atoms with Crippen LogP contribution in [0.25, 0.3) is 5.70 Å². The fourth-order valence-electron chi connectivity index (χ4n) is 3.21. The number of likely N-dealkylation sites (tertiary alicyclic amines) is 1. The van der Waals surface area contributed by atoms with E-state index in [1.165, 1.54) is 9.80 Å². The maximum atomic E-state index is 12.5. The van der Waals surface area contributed by atoms with Gasteiger partial charge in [0.1, 0.15) is 12.6 Å². The first-order valence-corrected chi connectivity index (χ1v) is 7.63. The van der Waals surface area contributed by atoms with E-state index in [0.717, 1.165) is 18.4 Å². The minimum atomic E-state index is -0.993. The summed E-state index contributed by atoms with van der Waals surface area (Å²) in [6.45, 7) is 4.14. The minimum absolute atomic E-state index is 0.171. The number of fused-ring (bicyclic) bond motifs is 1. The van der Waals surface area contributed by atoms with Gasteiger partial charge in [0.15, 0.2) is 0 Å². The van der Waals surface area contributed by atoms with Crippen molar-refractivity contribution in [3.05, 3.63) is 42.0 Å². The Morgan fingerprint density at radius 2 is 1.91 bits per heavy atom. The molecule has 6 heteroatoms. The number of carbonyl (C=O) groups excluding carboxylic acids is 2. The number of rotatable bonds is 3. The molecule has 6 nitrogen and oxygen atoms in total. The zero-order chi connectivity index (χ0) is 16.6. The molecular weight excluding hydrogens is 296 g/mol. The molecule has 0 aliphatic carbocycles. The lowest BCUT2D eigenvalue weighted by Gasteiger charge is -2.34. The van der Waals surface area contributed by atoms with E-state index in [4.69, 9.17) is 0 Å². The maximum Gasteiger partial charge on any atom is 0.326 e. The molecule has 0 bridgehead atoms. The van der Waals surface area contributed by atoms with Gasteiger partial charge in [-0.15, -0.1) is 0 Å². The van der Waals surface area contributed by atoms with Crippen LogP contribution in [0.15, 0.2) is 30.8 Å². The van der Waals surface area contributed by atoms with E-state index < -0.39 is 12.0 Å². The van der Waals surface area contributed by atoms with Crippen LogP contribution in [0.2, 0.25) is 0 Å². The highest BCUT2D eigenvalue weighted by molar-refractivity contribution is 6.10. The van der Waals surface area contributed by atoms with E-state index in [1.807, 2.05) is 6.07 Å². The van der Waals surface area contributed by atoms with Gasteiger partial charge in [-0.25, -0.2) is 4.79 Å². The van der Waals surface area contributed by atoms with E-state index in [-0.39, 0.29) is 18.4 Å². The Kier molecular flexibility index (Phi) is 3.90. The normalized spacial score (nSPS) is 20.6. The molecule has 0 unspecified atom stereocenters. The summed E-state index contributed by atoms with van der Waals surface area (Å²) in [6, 6.07) is 6.27. The smallest absolute Gasteiger partial charge is 0.326 e. The number of carboxylic acid groups (broad SMARTS) is 1. The van der Waals surface area contributed by atoms with E-state index >= 15 is 0 Å². The number of piperidine rings is 1. The highest BCUT2D eigenvalue weighted by atomic mass is 16.4. The van der Waals surface area contributed by atoms with Gasteiger partial charge in [0.25, 0.3) is 5.91 Å². The SMILES string of the molecule is C=C1c2ccccc2C(=O)N1CC(=O)N1CCCC[C@@H]1C(=O)O. The predicted molar refractivity (Wildman–Crippen MR) is 83.5 cm³/mol. The molecule has 1 aromatic rings. The van der Waals surface area contributed by atoms with Gasteiger partial charge in [0, 0.05) is 23.4 Å². The van der Waals surface area contributed by atoms with Gasteiger partial charge < -0.3 is 10.0 Å². The van der Waals surface area contributed by atoms with E-state index in [0.29, 0.717) is 24.2 Å². The van der Waals surface area contributed by atoms with Gasteiger partial charge in [-0.05, 0) is 25.3 Å². The van der Waals surface area contributed by atoms with Gasteiger partial charge in [0.2, 0.25) is 5.91 Å². The molecule has 2 heterocycles. The summed E-state index contributed by atoms with van der Waals surface area (Å²) in [5.74, 6) is -1.60. The molecule has 2 aliphatic heterocycles. The molecule has 2 aliphatic rings. The summed E-state index contributed by atoms with van der Waals surface area (Å²) >= 11 is 0. The van der Waals surface area contributed by atoms with Crippen LogP contribution < -0.4 is 0 Å². The lowest BCUT2D eigenvalue weighted by atomic mass is 10.0. The van der Waals surface area contributed by atoms with E-state index in [1.54, 1.807) is 18.2 Å². The standard InChI is InChI=1S/C17H18N2O4/c1-11-12-6-2-3-7-13(12)16(21)19(11)10-15(20)18-9-5-4-8-14(18)17(22)23/h2-3,6-7,14H,1,4-5,8-10H2,(H,22,23)/t14-/m1/s1. The third-order valence-corrected chi connectivity index (χ3v) is 4.44. The number of amides is 2. The molecule has 1 N–H and O–H groups in total. The zero-order valence-corrected chi connectivity index (χ0v) is 12.7. The molecule has 3 rings (SSSR count). The van der Waals surface area contributed by atoms with Crippen LogP contribution in [0.3, 0.4) is 0 Å². The molecule has 0 radical (unpaired) electrons. The van der Waals surface area contributed by atoms with Crippen molar-refractivity contribution < 1.29 is 19.5 Å². The quantitative estimate of drug-likeness (QED) is 0.919. The van der Waals surface area contributed by atoms with Crippen LogP contribution in [-0.2, 0) is 9.59 Å². The zero-order valence-electron chi connectivity index (χ0n) is 12.7. The Morgan fingerprint density at radius 1 is 1.22 bits per heavy atom. The van der Waals surface area contributed by atoms with Crippen molar-refractivity contribution in [1.29, 1.82) is 0 Å². The molecule has 2 amide bonds. The second kappa shape index (κ2) is 5.87. The Bertz CT molecular complexity index is 663. The van der Waals surface area contributed by atoms with Gasteiger partial charge in [-0.2, -0.15) is 0 Å². The summed E-state index contributed by atoms with van der Waals surface area (Å²) in [4.78, 5) is 39.0. The van der Waals surface area contributed by atoms with E-state index in [2.05, 4.69) is 6.58 Å². The molecule has 0 aromatic heterocycles. The lowest BCUT2D eigenvalue weighted by molar-refractivity contribution is -0.152. The van der Waals surface area contributed by atoms with Gasteiger partial charge in [0.05, 0.1) is 0 Å². The second-order valence-corrected chi connectivity index (χ2v) is 5.82. The van der Waals surface area contributed by atoms with Gasteiger partial charge in [-0.1, -0.05) is 24.8 Å². The van der Waals surface area contributed by atoms with Gasteiger partial charge >= 0.3 is 5.97 Å². The molecule has 1 saturated heterocycles. The molecule has 0 spiro atoms. The highest BCUT2D eigenvalue weighted by Crippen LogP contribution is 2.31. The number of hydrogen-bond donors (Lipinski definition) is 1. The average Bonchev–Trinajstić information content (AvgIpc) is 2.80. The second-order valence-electron chi connectivity index (χ2n) is 5.82. The van der Waals surface area contributed by atoms with Crippen molar-refractivity contribution >= 4 is 23.5 Å². The van der Waals surface area contributed by atoms with Crippen molar-refractivity contribution in [1.82, 2.24) is 9.80 Å². The number of aliphatic carboxylic acids is 1. The van der Waals surface area contributed by atoms with Crippen LogP contribution in [0, 0.1) is 0 Å². The Labute approximate surface area is 134 Å². The third kappa shape index (κ3) is 2.60. The molecule has 0 saturated carbocycles. The number of benzene rings is 1. The number of carboxylic acids is 1. The topological polar surface area (TPSA) is 77.9 Å². The molecule has 1 fully saturated rings. The molecular formula is C17H18N2O4. The number of hydrogen-bond acceptors (Lipinski definition) is 3. The summed E-state index contributed by atoms with van der Waals surface area (Å²) in [5.41, 5.74) is 1.74. The Morgan fingerprint density at radius 3 is 2.57 bits per heavy atom. The largest absolute Gasteiger partial charge is 0.480 e. The number of carbonyl (C=O) groups is 3. The van der Waals surface area contributed by atoms with Crippen LogP contribution in [0.4, 0.5) is 0 Å². The van der Waals surface area contributed by atoms with Crippen LogP contribution >= 0.6 is 0 Å². The van der Waals surface area contributed by atoms with Crippen molar-refractivity contribution in [2.24, 2.45) is 0 Å². The molecule has 23 heavy (non-hydrogen) atoms. The number of nitrogens with zero attached hydrogens (tertiary/aromatic N) is 2. The van der Waals surface area contributed by atoms with Crippen molar-refractivity contribution in [3.8, 4) is 0 Å². The van der Waals surface area contributed by atoms with Crippen LogP contribution in [0.1, 0.15) is 35.2 Å². The van der Waals surface area contributed by atoms with Crippen LogP contribution in [-0.4, -0.2) is 51.8 Å². The van der Waals surface area contributed by atoms with Gasteiger partial charge in [-0.3, -0.25) is 14.5 Å². The Hall–Kier alpha value is -2.63. The minimum Gasteiger partial charge on any atom is -0.480 e. The fraction of sp³-hybridized carbons (Fsp3) is 0.353. The molecule has 1 aromatic carbocycles. The van der Waals surface area contributed by atoms with Crippen LogP contribution in [0.5, 0.6) is 0 Å². The monoisotopic (exact) mass is 314 g/mol. The lowest BCUT2D eigenvalue weighted by Crippen LogP contribution is -2.51.